The van der Waals surface area contributed by atoms with Crippen molar-refractivity contribution in [2.75, 3.05) is 6.54 Å². The van der Waals surface area contributed by atoms with Crippen LogP contribution >= 0.6 is 0 Å². The maximum Gasteiger partial charge on any atom is 0.573 e. The fourth-order valence-electron chi connectivity index (χ4n) is 2.00. The van der Waals surface area contributed by atoms with Gasteiger partial charge in [-0.15, -0.1) is 13.2 Å². The van der Waals surface area contributed by atoms with Crippen molar-refractivity contribution >= 4 is 16.0 Å². The summed E-state index contributed by atoms with van der Waals surface area (Å²) >= 11 is 0. The van der Waals surface area contributed by atoms with Crippen LogP contribution in [0.5, 0.6) is 5.75 Å². The quantitative estimate of drug-likeness (QED) is 0.686. The minimum atomic E-state index is -4.86. The van der Waals surface area contributed by atoms with Crippen LogP contribution in [0.3, 0.4) is 0 Å². The summed E-state index contributed by atoms with van der Waals surface area (Å²) in [5.74, 6) is -1.12. The Balaban J connectivity index is 1.81. The van der Waals surface area contributed by atoms with Crippen LogP contribution in [0.2, 0.25) is 0 Å². The molecule has 2 aromatic carbocycles. The summed E-state index contributed by atoms with van der Waals surface area (Å²) in [5.41, 5.74) is 0.799. The highest BCUT2D eigenvalue weighted by Crippen LogP contribution is 2.23. The van der Waals surface area contributed by atoms with Gasteiger partial charge >= 0.3 is 12.3 Å². The number of alkyl halides is 3. The molecule has 6 nitrogen and oxygen atoms in total. The normalized spacial score (nSPS) is 11.8. The van der Waals surface area contributed by atoms with Gasteiger partial charge in [0.1, 0.15) is 12.4 Å². The summed E-state index contributed by atoms with van der Waals surface area (Å²) in [6.07, 6.45) is -5.06. The Morgan fingerprint density at radius 1 is 1.00 bits per heavy atom. The summed E-state index contributed by atoms with van der Waals surface area (Å²) < 4.78 is 71.3. The van der Waals surface area contributed by atoms with Crippen LogP contribution in [-0.4, -0.2) is 27.3 Å². The Morgan fingerprint density at radius 2 is 1.63 bits per heavy atom. The fraction of sp³-hybridized carbons (Fsp3) is 0.235. The first-order valence-corrected chi connectivity index (χ1v) is 9.19. The van der Waals surface area contributed by atoms with E-state index in [4.69, 9.17) is 4.74 Å². The number of carbonyl (C=O) groups excluding carboxylic acids is 1. The predicted molar refractivity (Wildman–Crippen MR) is 89.2 cm³/mol. The van der Waals surface area contributed by atoms with Gasteiger partial charge in [0.05, 0.1) is 11.3 Å². The van der Waals surface area contributed by atoms with Gasteiger partial charge in [-0.1, -0.05) is 30.3 Å². The fourth-order valence-corrected chi connectivity index (χ4v) is 3.03. The van der Waals surface area contributed by atoms with E-state index in [2.05, 4.69) is 9.46 Å². The molecule has 27 heavy (non-hydrogen) atoms. The molecular weight excluding hydrogens is 387 g/mol. The number of esters is 1. The monoisotopic (exact) mass is 403 g/mol. The lowest BCUT2D eigenvalue weighted by Crippen LogP contribution is -2.26. The summed E-state index contributed by atoms with van der Waals surface area (Å²) in [7, 11) is -3.98. The molecule has 0 saturated heterocycles. The van der Waals surface area contributed by atoms with Crippen molar-refractivity contribution in [2.24, 2.45) is 0 Å². The molecule has 0 amide bonds. The largest absolute Gasteiger partial charge is 0.573 e. The third-order valence-electron chi connectivity index (χ3n) is 3.23. The highest BCUT2D eigenvalue weighted by molar-refractivity contribution is 7.89. The van der Waals surface area contributed by atoms with Gasteiger partial charge in [0.15, 0.2) is 0 Å². The summed E-state index contributed by atoms with van der Waals surface area (Å²) in [5, 5.41) is 0. The first-order chi connectivity index (χ1) is 12.7. The second-order valence-electron chi connectivity index (χ2n) is 5.31. The molecule has 2 rings (SSSR count). The smallest absolute Gasteiger partial charge is 0.461 e. The molecule has 0 unspecified atom stereocenters. The highest BCUT2D eigenvalue weighted by Gasteiger charge is 2.31. The molecule has 0 atom stereocenters. The van der Waals surface area contributed by atoms with Crippen LogP contribution in [-0.2, 0) is 26.2 Å². The molecule has 0 fully saturated rings. The minimum Gasteiger partial charge on any atom is -0.461 e. The van der Waals surface area contributed by atoms with Crippen LogP contribution in [0.15, 0.2) is 59.5 Å². The van der Waals surface area contributed by atoms with E-state index in [0.29, 0.717) is 0 Å². The molecule has 0 saturated carbocycles. The summed E-state index contributed by atoms with van der Waals surface area (Å²) in [6.45, 7) is -0.135. The van der Waals surface area contributed by atoms with E-state index in [1.807, 2.05) is 6.07 Å². The Labute approximate surface area is 154 Å². The lowest BCUT2D eigenvalue weighted by molar-refractivity contribution is -0.274. The van der Waals surface area contributed by atoms with Crippen molar-refractivity contribution in [3.05, 3.63) is 60.2 Å². The van der Waals surface area contributed by atoms with Crippen LogP contribution in [0.1, 0.15) is 12.0 Å². The van der Waals surface area contributed by atoms with Crippen molar-refractivity contribution in [1.29, 1.82) is 0 Å². The number of hydrogen-bond acceptors (Lipinski definition) is 5. The third-order valence-corrected chi connectivity index (χ3v) is 4.71. The zero-order valence-electron chi connectivity index (χ0n) is 13.9. The van der Waals surface area contributed by atoms with E-state index in [0.717, 1.165) is 29.8 Å². The van der Waals surface area contributed by atoms with Crippen molar-refractivity contribution in [2.45, 2.75) is 24.3 Å². The van der Waals surface area contributed by atoms with E-state index in [1.165, 1.54) is 0 Å². The number of ether oxygens (including phenoxy) is 2. The van der Waals surface area contributed by atoms with Crippen LogP contribution < -0.4 is 9.46 Å². The molecule has 1 N–H and O–H groups in total. The van der Waals surface area contributed by atoms with Gasteiger partial charge in [0.25, 0.3) is 0 Å². The number of halogens is 3. The van der Waals surface area contributed by atoms with E-state index in [-0.39, 0.29) is 24.5 Å². The van der Waals surface area contributed by atoms with Gasteiger partial charge in [-0.05, 0) is 29.8 Å². The lowest BCUT2D eigenvalue weighted by atomic mass is 10.2. The number of sulfonamides is 1. The van der Waals surface area contributed by atoms with Gasteiger partial charge in [-0.3, -0.25) is 4.79 Å². The number of benzene rings is 2. The molecule has 146 valence electrons. The third kappa shape index (κ3) is 7.27. The molecule has 0 spiro atoms. The first kappa shape index (κ1) is 20.7. The van der Waals surface area contributed by atoms with Crippen molar-refractivity contribution in [1.82, 2.24) is 4.72 Å². The van der Waals surface area contributed by atoms with Crippen LogP contribution in [0.25, 0.3) is 0 Å². The Kier molecular flexibility index (Phi) is 6.81. The lowest BCUT2D eigenvalue weighted by Gasteiger charge is -2.10. The standard InChI is InChI=1S/C17H16F3NO5S/c18-17(19,20)26-14-6-8-15(9-7-14)27(23,24)21-11-10-16(22)25-12-13-4-2-1-3-5-13/h1-9,21H,10-12H2. The number of rotatable bonds is 8. The van der Waals surface area contributed by atoms with Crippen LogP contribution in [0, 0.1) is 0 Å². The highest BCUT2D eigenvalue weighted by atomic mass is 32.2. The van der Waals surface area contributed by atoms with Gasteiger partial charge in [0, 0.05) is 6.54 Å². The second kappa shape index (κ2) is 8.87. The molecule has 10 heteroatoms. The maximum absolute atomic E-state index is 12.1. The molecule has 0 bridgehead atoms. The zero-order valence-corrected chi connectivity index (χ0v) is 14.7. The topological polar surface area (TPSA) is 81.7 Å². The van der Waals surface area contributed by atoms with Crippen molar-refractivity contribution < 1.29 is 35.9 Å². The predicted octanol–water partition coefficient (Wildman–Crippen LogP) is 3.00. The molecule has 0 radical (unpaired) electrons. The number of nitrogens with one attached hydrogen (secondary N) is 1. The molecule has 2 aromatic rings. The molecular formula is C17H16F3NO5S. The van der Waals surface area contributed by atoms with Gasteiger partial charge in [-0.25, -0.2) is 13.1 Å². The van der Waals surface area contributed by atoms with Crippen LogP contribution in [0.4, 0.5) is 13.2 Å². The molecule has 0 heterocycles. The van der Waals surface area contributed by atoms with Gasteiger partial charge in [0.2, 0.25) is 10.0 Å². The van der Waals surface area contributed by atoms with E-state index < -0.39 is 28.1 Å². The SMILES string of the molecule is O=C(CCNS(=O)(=O)c1ccc(OC(F)(F)F)cc1)OCc1ccccc1. The Bertz CT molecular complexity index is 852. The number of carbonyl (C=O) groups is 1. The summed E-state index contributed by atoms with van der Waals surface area (Å²) in [4.78, 5) is 11.4. The molecule has 0 aliphatic heterocycles. The van der Waals surface area contributed by atoms with E-state index in [9.17, 15) is 26.4 Å². The average Bonchev–Trinajstić information content (AvgIpc) is 2.60. The molecule has 0 aliphatic rings. The van der Waals surface area contributed by atoms with E-state index >= 15 is 0 Å². The second-order valence-corrected chi connectivity index (χ2v) is 7.08. The van der Waals surface area contributed by atoms with Crippen molar-refractivity contribution in [3.63, 3.8) is 0 Å². The number of hydrogen-bond donors (Lipinski definition) is 1. The molecule has 0 aliphatic carbocycles. The first-order valence-electron chi connectivity index (χ1n) is 7.71. The van der Waals surface area contributed by atoms with Gasteiger partial charge < -0.3 is 9.47 Å². The molecule has 0 aromatic heterocycles. The average molecular weight is 403 g/mol. The Morgan fingerprint density at radius 3 is 2.22 bits per heavy atom. The van der Waals surface area contributed by atoms with Gasteiger partial charge in [-0.2, -0.15) is 0 Å². The van der Waals surface area contributed by atoms with E-state index in [1.54, 1.807) is 24.3 Å². The summed E-state index contributed by atoms with van der Waals surface area (Å²) in [6, 6.07) is 12.7. The van der Waals surface area contributed by atoms with Crippen molar-refractivity contribution in [3.8, 4) is 5.75 Å². The minimum absolute atomic E-state index is 0.0765. The Hall–Kier alpha value is -2.59. The maximum atomic E-state index is 12.1. The zero-order chi connectivity index (χ0) is 19.9.